The fourth-order valence-electron chi connectivity index (χ4n) is 3.39. The van der Waals surface area contributed by atoms with Gasteiger partial charge in [-0.15, -0.1) is 0 Å². The molecule has 1 heterocycles. The molecule has 0 aliphatic rings. The zero-order valence-electron chi connectivity index (χ0n) is 22.7. The van der Waals surface area contributed by atoms with E-state index in [2.05, 4.69) is 37.9 Å². The maximum atomic E-state index is 13.2. The van der Waals surface area contributed by atoms with Gasteiger partial charge < -0.3 is 0 Å². The lowest BCUT2D eigenvalue weighted by Crippen LogP contribution is -2.54. The molecule has 0 amide bonds. The standard InChI is InChI=1S/C24H45N3O3S9/c28-22-25(4-1-10-34-16-19-37-13-7-31)23(29)27(6-3-12-36-18-21-39-15-9-33)24(30)26(22)5-2-11-35-17-20-38-14-8-32/h31-33H,1-21H2. The first kappa shape index (κ1) is 38.6. The van der Waals surface area contributed by atoms with E-state index in [0.717, 1.165) is 106 Å². The summed E-state index contributed by atoms with van der Waals surface area (Å²) in [6.07, 6.45) is 2.19. The first-order valence-electron chi connectivity index (χ1n) is 13.3. The SMILES string of the molecule is O=c1n(CCCSCCSCCS)c(=O)n(CCCSCCSCCS)c(=O)n1CCCSCCSCCS. The molecule has 6 nitrogen and oxygen atoms in total. The fraction of sp³-hybridized carbons (Fsp3) is 0.875. The van der Waals surface area contributed by atoms with E-state index in [4.69, 9.17) is 0 Å². The molecule has 0 unspecified atom stereocenters. The highest BCUT2D eigenvalue weighted by atomic mass is 32.2. The van der Waals surface area contributed by atoms with Crippen LogP contribution in [0.3, 0.4) is 0 Å². The van der Waals surface area contributed by atoms with Crippen LogP contribution in [0, 0.1) is 0 Å². The molecule has 0 fully saturated rings. The van der Waals surface area contributed by atoms with Crippen LogP contribution in [0.2, 0.25) is 0 Å². The lowest BCUT2D eigenvalue weighted by molar-refractivity contribution is 0.440. The average Bonchev–Trinajstić information content (AvgIpc) is 2.93. The summed E-state index contributed by atoms with van der Waals surface area (Å²) in [7, 11) is 0. The molecule has 0 saturated heterocycles. The topological polar surface area (TPSA) is 66.0 Å². The summed E-state index contributed by atoms with van der Waals surface area (Å²) in [5, 5.41) is 0. The van der Waals surface area contributed by atoms with Crippen molar-refractivity contribution in [1.82, 2.24) is 13.7 Å². The smallest absolute Gasteiger partial charge is 0.247 e. The molecule has 1 aromatic rings. The first-order chi connectivity index (χ1) is 19.1. The van der Waals surface area contributed by atoms with Crippen LogP contribution in [-0.4, -0.2) is 100.0 Å². The van der Waals surface area contributed by atoms with Crippen molar-refractivity contribution in [2.24, 2.45) is 0 Å². The van der Waals surface area contributed by atoms with Crippen LogP contribution in [0.25, 0.3) is 0 Å². The summed E-state index contributed by atoms with van der Waals surface area (Å²) in [5.74, 6) is 14.9. The number of thiol groups is 3. The molecule has 0 aliphatic heterocycles. The van der Waals surface area contributed by atoms with Gasteiger partial charge in [0.25, 0.3) is 0 Å². The molecule has 39 heavy (non-hydrogen) atoms. The van der Waals surface area contributed by atoms with E-state index in [-0.39, 0.29) is 0 Å². The van der Waals surface area contributed by atoms with Crippen LogP contribution >= 0.6 is 108 Å². The minimum absolute atomic E-state index is 0.350. The second kappa shape index (κ2) is 27.1. The molecule has 0 spiro atoms. The molecule has 1 aromatic heterocycles. The summed E-state index contributed by atoms with van der Waals surface area (Å²) in [5.41, 5.74) is -1.37. The minimum atomic E-state index is -0.458. The lowest BCUT2D eigenvalue weighted by atomic mass is 10.4. The summed E-state index contributed by atoms with van der Waals surface area (Å²) >= 11 is 23.9. The van der Waals surface area contributed by atoms with Crippen LogP contribution in [0.4, 0.5) is 0 Å². The van der Waals surface area contributed by atoms with Gasteiger partial charge in [-0.2, -0.15) is 108 Å². The van der Waals surface area contributed by atoms with Gasteiger partial charge in [0, 0.05) is 71.4 Å². The Bertz CT molecular complexity index is 767. The van der Waals surface area contributed by atoms with Gasteiger partial charge in [-0.3, -0.25) is 0 Å². The molecule has 0 aliphatic carbocycles. The van der Waals surface area contributed by atoms with E-state index in [0.29, 0.717) is 19.6 Å². The predicted molar refractivity (Wildman–Crippen MR) is 199 cm³/mol. The molecule has 228 valence electrons. The van der Waals surface area contributed by atoms with Crippen LogP contribution in [-0.2, 0) is 19.6 Å². The third-order valence-corrected chi connectivity index (χ3v) is 13.7. The van der Waals surface area contributed by atoms with E-state index in [1.165, 1.54) is 13.7 Å². The maximum absolute atomic E-state index is 13.2. The van der Waals surface area contributed by atoms with Crippen molar-refractivity contribution in [3.63, 3.8) is 0 Å². The van der Waals surface area contributed by atoms with E-state index < -0.39 is 17.1 Å². The highest BCUT2D eigenvalue weighted by molar-refractivity contribution is 8.04. The number of hydrogen-bond donors (Lipinski definition) is 3. The molecule has 0 saturated carbocycles. The number of thioether (sulfide) groups is 6. The Labute approximate surface area is 276 Å². The third kappa shape index (κ3) is 18.1. The van der Waals surface area contributed by atoms with Crippen molar-refractivity contribution >= 4 is 108 Å². The van der Waals surface area contributed by atoms with Gasteiger partial charge in [0.05, 0.1) is 0 Å². The monoisotopic (exact) mass is 711 g/mol. The molecular formula is C24H45N3O3S9. The molecule has 0 N–H and O–H groups in total. The Balaban J connectivity index is 2.75. The van der Waals surface area contributed by atoms with Crippen molar-refractivity contribution in [3.05, 3.63) is 31.5 Å². The van der Waals surface area contributed by atoms with E-state index in [1.807, 2.05) is 70.6 Å². The van der Waals surface area contributed by atoms with Crippen molar-refractivity contribution in [1.29, 1.82) is 0 Å². The Hall–Kier alpha value is 1.56. The highest BCUT2D eigenvalue weighted by Crippen LogP contribution is 2.10. The average molecular weight is 712 g/mol. The van der Waals surface area contributed by atoms with Gasteiger partial charge >= 0.3 is 17.1 Å². The van der Waals surface area contributed by atoms with E-state index in [1.54, 1.807) is 0 Å². The Morgan fingerprint density at radius 1 is 0.385 bits per heavy atom. The van der Waals surface area contributed by atoms with Crippen LogP contribution in [0.5, 0.6) is 0 Å². The lowest BCUT2D eigenvalue weighted by Gasteiger charge is -2.14. The van der Waals surface area contributed by atoms with Gasteiger partial charge in [-0.1, -0.05) is 0 Å². The van der Waals surface area contributed by atoms with Crippen molar-refractivity contribution in [2.75, 3.05) is 86.3 Å². The van der Waals surface area contributed by atoms with Gasteiger partial charge in [-0.25, -0.2) is 28.1 Å². The molecular weight excluding hydrogens is 667 g/mol. The Morgan fingerprint density at radius 3 is 0.846 bits per heavy atom. The summed E-state index contributed by atoms with van der Waals surface area (Å²) in [4.78, 5) is 39.6. The quantitative estimate of drug-likeness (QED) is 0.0903. The van der Waals surface area contributed by atoms with Gasteiger partial charge in [-0.05, 0) is 53.8 Å². The zero-order chi connectivity index (χ0) is 28.6. The third-order valence-electron chi connectivity index (χ3n) is 5.22. The van der Waals surface area contributed by atoms with Gasteiger partial charge in [0.15, 0.2) is 0 Å². The fourth-order valence-corrected chi connectivity index (χ4v) is 9.99. The molecule has 0 atom stereocenters. The largest absolute Gasteiger partial charge is 0.336 e. The van der Waals surface area contributed by atoms with Gasteiger partial charge in [0.2, 0.25) is 0 Å². The molecule has 15 heteroatoms. The van der Waals surface area contributed by atoms with E-state index >= 15 is 0 Å². The van der Waals surface area contributed by atoms with Crippen LogP contribution in [0.15, 0.2) is 14.4 Å². The Kier molecular flexibility index (Phi) is 26.8. The number of aromatic nitrogens is 3. The molecule has 0 bridgehead atoms. The van der Waals surface area contributed by atoms with Crippen molar-refractivity contribution in [2.45, 2.75) is 38.9 Å². The predicted octanol–water partition coefficient (Wildman–Crippen LogP) is 4.53. The zero-order valence-corrected chi connectivity index (χ0v) is 30.3. The highest BCUT2D eigenvalue weighted by Gasteiger charge is 2.15. The number of hydrogen-bond acceptors (Lipinski definition) is 12. The minimum Gasteiger partial charge on any atom is -0.247 e. The normalized spacial score (nSPS) is 11.5. The van der Waals surface area contributed by atoms with Crippen LogP contribution < -0.4 is 17.1 Å². The maximum Gasteiger partial charge on any atom is 0.336 e. The molecule has 1 rings (SSSR count). The first-order valence-corrected chi connectivity index (χ1v) is 22.1. The molecule has 0 radical (unpaired) electrons. The summed E-state index contributed by atoms with van der Waals surface area (Å²) in [6.45, 7) is 1.05. The van der Waals surface area contributed by atoms with Crippen molar-refractivity contribution < 1.29 is 0 Å². The molecule has 0 aromatic carbocycles. The second-order valence-electron chi connectivity index (χ2n) is 8.21. The van der Waals surface area contributed by atoms with Gasteiger partial charge in [0.1, 0.15) is 0 Å². The second-order valence-corrected chi connectivity index (χ2v) is 16.9. The summed E-state index contributed by atoms with van der Waals surface area (Å²) in [6, 6.07) is 0. The summed E-state index contributed by atoms with van der Waals surface area (Å²) < 4.78 is 3.88. The Morgan fingerprint density at radius 2 is 0.615 bits per heavy atom. The van der Waals surface area contributed by atoms with E-state index in [9.17, 15) is 14.4 Å². The number of rotatable bonds is 27. The van der Waals surface area contributed by atoms with Crippen molar-refractivity contribution in [3.8, 4) is 0 Å². The number of nitrogens with zero attached hydrogens (tertiary/aromatic N) is 3. The van der Waals surface area contributed by atoms with Crippen LogP contribution in [0.1, 0.15) is 19.3 Å².